The van der Waals surface area contributed by atoms with Gasteiger partial charge in [-0.2, -0.15) is 0 Å². The zero-order valence-corrected chi connectivity index (χ0v) is 38.1. The van der Waals surface area contributed by atoms with E-state index in [-0.39, 0.29) is 44.7 Å². The molecule has 0 saturated heterocycles. The minimum atomic E-state index is -0.155. The van der Waals surface area contributed by atoms with Gasteiger partial charge in [0.2, 0.25) is 0 Å². The van der Waals surface area contributed by atoms with Gasteiger partial charge in [-0.05, 0) is 304 Å². The lowest BCUT2D eigenvalue weighted by atomic mass is 9.44. The van der Waals surface area contributed by atoms with Crippen LogP contribution in [0.25, 0.3) is 11.1 Å². The first-order valence-electron chi connectivity index (χ1n) is 27.0. The van der Waals surface area contributed by atoms with Gasteiger partial charge in [-0.15, -0.1) is 0 Å². The molecule has 0 spiro atoms. The van der Waals surface area contributed by atoms with Crippen molar-refractivity contribution in [2.75, 3.05) is 0 Å². The fourth-order valence-corrected chi connectivity index (χ4v) is 22.9. The number of rotatable bonds is 4. The van der Waals surface area contributed by atoms with Gasteiger partial charge < -0.3 is 10.2 Å². The Morgan fingerprint density at radius 2 is 0.562 bits per heavy atom. The van der Waals surface area contributed by atoms with E-state index in [1.165, 1.54) is 176 Å². The quantitative estimate of drug-likeness (QED) is 0.301. The Labute approximate surface area is 380 Å². The molecule has 0 heterocycles. The van der Waals surface area contributed by atoms with Gasteiger partial charge in [0.15, 0.2) is 11.6 Å². The zero-order chi connectivity index (χ0) is 42.2. The molecule has 64 heavy (non-hydrogen) atoms. The van der Waals surface area contributed by atoms with E-state index in [9.17, 15) is 10.2 Å². The fourth-order valence-electron chi connectivity index (χ4n) is 22.9. The summed E-state index contributed by atoms with van der Waals surface area (Å²) in [5.74, 6) is 8.80. The summed E-state index contributed by atoms with van der Waals surface area (Å²) in [5, 5.41) is 24.6. The highest BCUT2D eigenvalue weighted by Crippen LogP contribution is 2.71. The summed E-state index contributed by atoms with van der Waals surface area (Å²) in [6, 6.07) is 8.32. The first-order chi connectivity index (χ1) is 31.0. The number of carbonyl (C=O) groups is 2. The van der Waals surface area contributed by atoms with E-state index < -0.39 is 0 Å². The van der Waals surface area contributed by atoms with Crippen molar-refractivity contribution in [1.82, 2.24) is 0 Å². The van der Waals surface area contributed by atoms with Gasteiger partial charge in [-0.1, -0.05) is 12.1 Å². The van der Waals surface area contributed by atoms with Crippen LogP contribution in [-0.2, 0) is 10.8 Å². The second kappa shape index (κ2) is 12.4. The molecular formula is C60H68O4. The van der Waals surface area contributed by atoms with Gasteiger partial charge in [-0.25, -0.2) is 0 Å². The SMILES string of the molecule is O=C1/C(=C2/C=C(C34CC5CC(CC(C5)C3)C4)c3c(C45CC6CC(CC(C6)C4)C5)ccc(O)c3C2=O)C=C(C23CC4CC(CC(C4)C2)C3)c2c(C34CC5CC(CC(C5)C3)C4)ccc(O)c21. The van der Waals surface area contributed by atoms with E-state index in [1.54, 1.807) is 0 Å². The molecule has 0 atom stereocenters. The first-order valence-corrected chi connectivity index (χ1v) is 27.0. The van der Waals surface area contributed by atoms with E-state index in [2.05, 4.69) is 24.3 Å². The smallest absolute Gasteiger partial charge is 0.198 e. The molecule has 0 aromatic heterocycles. The van der Waals surface area contributed by atoms with Crippen LogP contribution in [0.1, 0.15) is 197 Å². The highest BCUT2D eigenvalue weighted by atomic mass is 16.3. The Hall–Kier alpha value is -3.40. The van der Waals surface area contributed by atoms with Crippen molar-refractivity contribution in [1.29, 1.82) is 0 Å². The Bertz CT molecular complexity index is 2290. The lowest BCUT2D eigenvalue weighted by Crippen LogP contribution is -2.50. The summed E-state index contributed by atoms with van der Waals surface area (Å²) >= 11 is 0. The number of hydrogen-bond donors (Lipinski definition) is 2. The molecule has 2 N–H and O–H groups in total. The number of benzene rings is 2. The van der Waals surface area contributed by atoms with Crippen molar-refractivity contribution in [2.24, 2.45) is 81.8 Å². The van der Waals surface area contributed by atoms with E-state index in [1.807, 2.05) is 12.1 Å². The second-order valence-electron chi connectivity index (χ2n) is 27.2. The van der Waals surface area contributed by atoms with Gasteiger partial charge in [0.1, 0.15) is 11.5 Å². The molecule has 0 aliphatic heterocycles. The number of phenolic OH excluding ortho intramolecular Hbond substituents is 2. The largest absolute Gasteiger partial charge is 0.507 e. The summed E-state index contributed by atoms with van der Waals surface area (Å²) in [6.07, 6.45) is 35.1. The molecule has 0 radical (unpaired) electrons. The summed E-state index contributed by atoms with van der Waals surface area (Å²) in [5.41, 5.74) is 9.57. The molecule has 332 valence electrons. The average molecular weight is 853 g/mol. The second-order valence-corrected chi connectivity index (χ2v) is 27.2. The molecule has 0 unspecified atom stereocenters. The normalized spacial score (nSPS) is 49.1. The third-order valence-electron chi connectivity index (χ3n) is 23.2. The van der Waals surface area contributed by atoms with E-state index >= 15 is 9.59 Å². The standard InChI is InChI=1S/C60H68O4/c61-49-3-1-45(57-19-31-5-32(20-57)7-33(6-31)21-57)51-47(59-25-37-11-38(26-59)13-39(12-37)27-59)17-43(55(63)53(49)51)44-18-48(60-28-40-14-41(29-60)16-42(15-40)30-60)52-46(2-4-50(62)54(52)56(44)64)58-22-34-8-35(23-58)10-36(9-34)24-58/h1-4,17-18,31-42,61-62H,5-16,19-30H2/b44-43-. The highest BCUT2D eigenvalue weighted by Gasteiger charge is 2.60. The maximum Gasteiger partial charge on any atom is 0.198 e. The van der Waals surface area contributed by atoms with Crippen LogP contribution >= 0.6 is 0 Å². The fraction of sp³-hybridized carbons (Fsp3) is 0.667. The molecule has 2 aromatic rings. The lowest BCUT2D eigenvalue weighted by Gasteiger charge is -2.60. The Kier molecular flexibility index (Phi) is 7.28. The third kappa shape index (κ3) is 4.93. The topological polar surface area (TPSA) is 74.6 Å². The van der Waals surface area contributed by atoms with E-state index in [4.69, 9.17) is 0 Å². The molecule has 18 aliphatic carbocycles. The maximum absolute atomic E-state index is 16.0. The van der Waals surface area contributed by atoms with Gasteiger partial charge in [0.25, 0.3) is 0 Å². The van der Waals surface area contributed by atoms with Gasteiger partial charge in [0.05, 0.1) is 11.1 Å². The van der Waals surface area contributed by atoms with Crippen LogP contribution in [0.4, 0.5) is 0 Å². The number of hydrogen-bond acceptors (Lipinski definition) is 4. The number of Topliss-reactive ketones (excluding diaryl/α,β-unsaturated/α-hetero) is 2. The zero-order valence-electron chi connectivity index (χ0n) is 38.1. The van der Waals surface area contributed by atoms with Crippen LogP contribution in [0.5, 0.6) is 11.5 Å². The molecule has 16 fully saturated rings. The van der Waals surface area contributed by atoms with E-state index in [0.29, 0.717) is 22.3 Å². The average Bonchev–Trinajstić information content (AvgIpc) is 3.22. The van der Waals surface area contributed by atoms with Crippen LogP contribution < -0.4 is 0 Å². The Balaban J connectivity index is 0.948. The van der Waals surface area contributed by atoms with Gasteiger partial charge in [-0.3, -0.25) is 9.59 Å². The molecule has 16 bridgehead atoms. The molecule has 2 aromatic carbocycles. The van der Waals surface area contributed by atoms with Gasteiger partial charge >= 0.3 is 0 Å². The number of aromatic hydroxyl groups is 2. The van der Waals surface area contributed by atoms with E-state index in [0.717, 1.165) is 82.1 Å². The van der Waals surface area contributed by atoms with Crippen molar-refractivity contribution in [2.45, 2.75) is 165 Å². The Morgan fingerprint density at radius 3 is 0.812 bits per heavy atom. The summed E-state index contributed by atoms with van der Waals surface area (Å²) in [6.45, 7) is 0. The predicted molar refractivity (Wildman–Crippen MR) is 249 cm³/mol. The maximum atomic E-state index is 16.0. The van der Waals surface area contributed by atoms with Gasteiger partial charge in [0, 0.05) is 11.1 Å². The third-order valence-corrected chi connectivity index (χ3v) is 23.2. The molecular weight excluding hydrogens is 785 g/mol. The Morgan fingerprint density at radius 1 is 0.328 bits per heavy atom. The summed E-state index contributed by atoms with van der Waals surface area (Å²) < 4.78 is 0. The minimum absolute atomic E-state index is 0.0449. The van der Waals surface area contributed by atoms with Crippen molar-refractivity contribution < 1.29 is 19.8 Å². The van der Waals surface area contributed by atoms with Crippen molar-refractivity contribution in [3.8, 4) is 11.5 Å². The van der Waals surface area contributed by atoms with Crippen molar-refractivity contribution in [3.63, 3.8) is 0 Å². The summed E-state index contributed by atoms with van der Waals surface area (Å²) in [4.78, 5) is 32.0. The number of allylic oxidation sites excluding steroid dienone is 6. The van der Waals surface area contributed by atoms with Crippen molar-refractivity contribution >= 4 is 22.7 Å². The number of phenols is 2. The lowest BCUT2D eigenvalue weighted by molar-refractivity contribution is -0.0188. The van der Waals surface area contributed by atoms with Crippen LogP contribution in [0.3, 0.4) is 0 Å². The molecule has 0 amide bonds. The van der Waals surface area contributed by atoms with Crippen LogP contribution in [0.15, 0.2) is 47.6 Å². The molecule has 18 aliphatic rings. The predicted octanol–water partition coefficient (Wildman–Crippen LogP) is 13.6. The van der Waals surface area contributed by atoms with Crippen LogP contribution in [0, 0.1) is 81.8 Å². The first kappa shape index (κ1) is 37.7. The molecule has 16 saturated carbocycles. The molecule has 4 nitrogen and oxygen atoms in total. The molecule has 4 heteroatoms. The number of fused-ring (bicyclic) bond motifs is 2. The number of ketones is 2. The monoisotopic (exact) mass is 853 g/mol. The minimum Gasteiger partial charge on any atom is -0.507 e. The van der Waals surface area contributed by atoms with Crippen LogP contribution in [-0.4, -0.2) is 21.8 Å². The molecule has 20 rings (SSSR count). The summed E-state index contributed by atoms with van der Waals surface area (Å²) in [7, 11) is 0. The highest BCUT2D eigenvalue weighted by molar-refractivity contribution is 6.27. The number of carbonyl (C=O) groups excluding carboxylic acids is 2. The van der Waals surface area contributed by atoms with Crippen molar-refractivity contribution in [3.05, 3.63) is 80.9 Å². The van der Waals surface area contributed by atoms with Crippen LogP contribution in [0.2, 0.25) is 0 Å².